The van der Waals surface area contributed by atoms with Crippen molar-refractivity contribution in [3.8, 4) is 0 Å². The summed E-state index contributed by atoms with van der Waals surface area (Å²) >= 11 is 0. The minimum atomic E-state index is 0.733. The number of nitrogens with one attached hydrogen (secondary N) is 2. The number of likely N-dealkylation sites (tertiary alicyclic amines) is 1. The molecule has 0 aromatic heterocycles. The van der Waals surface area contributed by atoms with E-state index in [0.717, 1.165) is 37.9 Å². The van der Waals surface area contributed by atoms with Gasteiger partial charge in [0.1, 0.15) is 0 Å². The fourth-order valence-electron chi connectivity index (χ4n) is 3.00. The van der Waals surface area contributed by atoms with E-state index in [1.54, 1.807) is 0 Å². The maximum absolute atomic E-state index is 4.75. The van der Waals surface area contributed by atoms with Gasteiger partial charge < -0.3 is 15.5 Å². The Labute approximate surface area is 135 Å². The van der Waals surface area contributed by atoms with Crippen LogP contribution in [0.15, 0.2) is 29.3 Å². The molecule has 1 aliphatic rings. The summed E-state index contributed by atoms with van der Waals surface area (Å²) in [7, 11) is 2.20. The average Bonchev–Trinajstić information content (AvgIpc) is 2.96. The zero-order valence-corrected chi connectivity index (χ0v) is 14.2. The first-order valence-electron chi connectivity index (χ1n) is 8.50. The Morgan fingerprint density at radius 3 is 2.64 bits per heavy atom. The molecule has 1 atom stereocenters. The van der Waals surface area contributed by atoms with E-state index in [4.69, 9.17) is 4.99 Å². The SMILES string of the molecule is CCNC(=NCc1ccccc1CC)NCC1CCN(C)C1. The minimum Gasteiger partial charge on any atom is -0.357 e. The van der Waals surface area contributed by atoms with Crippen LogP contribution < -0.4 is 10.6 Å². The molecule has 4 nitrogen and oxygen atoms in total. The van der Waals surface area contributed by atoms with Crippen LogP contribution in [0, 0.1) is 5.92 Å². The van der Waals surface area contributed by atoms with Crippen LogP contribution in [0.5, 0.6) is 0 Å². The molecule has 1 saturated heterocycles. The van der Waals surface area contributed by atoms with Crippen molar-refractivity contribution in [3.05, 3.63) is 35.4 Å². The second-order valence-corrected chi connectivity index (χ2v) is 6.12. The molecular formula is C18H30N4. The number of aryl methyl sites for hydroxylation is 1. The predicted molar refractivity (Wildman–Crippen MR) is 94.2 cm³/mol. The van der Waals surface area contributed by atoms with Crippen molar-refractivity contribution in [3.63, 3.8) is 0 Å². The molecule has 1 aromatic carbocycles. The van der Waals surface area contributed by atoms with Gasteiger partial charge in [0.25, 0.3) is 0 Å². The lowest BCUT2D eigenvalue weighted by atomic mass is 10.1. The van der Waals surface area contributed by atoms with E-state index in [2.05, 4.69) is 60.7 Å². The van der Waals surface area contributed by atoms with E-state index >= 15 is 0 Å². The van der Waals surface area contributed by atoms with Crippen LogP contribution in [-0.4, -0.2) is 44.1 Å². The average molecular weight is 302 g/mol. The molecule has 122 valence electrons. The highest BCUT2D eigenvalue weighted by Gasteiger charge is 2.19. The molecule has 0 radical (unpaired) electrons. The third kappa shape index (κ3) is 5.02. The molecule has 0 saturated carbocycles. The summed E-state index contributed by atoms with van der Waals surface area (Å²) in [5.74, 6) is 1.67. The van der Waals surface area contributed by atoms with Gasteiger partial charge in [-0.3, -0.25) is 0 Å². The number of guanidine groups is 1. The summed E-state index contributed by atoms with van der Waals surface area (Å²) in [6, 6.07) is 8.57. The van der Waals surface area contributed by atoms with E-state index < -0.39 is 0 Å². The summed E-state index contributed by atoms with van der Waals surface area (Å²) in [5, 5.41) is 6.85. The molecule has 2 N–H and O–H groups in total. The third-order valence-corrected chi connectivity index (χ3v) is 4.30. The highest BCUT2D eigenvalue weighted by atomic mass is 15.2. The summed E-state index contributed by atoms with van der Waals surface area (Å²) in [6.07, 6.45) is 2.34. The fraction of sp³-hybridized carbons (Fsp3) is 0.611. The van der Waals surface area contributed by atoms with Crippen molar-refractivity contribution in [2.75, 3.05) is 33.2 Å². The molecule has 1 fully saturated rings. The number of hydrogen-bond acceptors (Lipinski definition) is 2. The van der Waals surface area contributed by atoms with Gasteiger partial charge in [0.2, 0.25) is 0 Å². The second kappa shape index (κ2) is 8.79. The van der Waals surface area contributed by atoms with Crippen molar-refractivity contribution in [2.24, 2.45) is 10.9 Å². The summed E-state index contributed by atoms with van der Waals surface area (Å²) < 4.78 is 0. The van der Waals surface area contributed by atoms with Crippen LogP contribution in [0.3, 0.4) is 0 Å². The Morgan fingerprint density at radius 1 is 1.23 bits per heavy atom. The van der Waals surface area contributed by atoms with Crippen molar-refractivity contribution in [2.45, 2.75) is 33.2 Å². The smallest absolute Gasteiger partial charge is 0.191 e. The highest BCUT2D eigenvalue weighted by Crippen LogP contribution is 2.13. The Morgan fingerprint density at radius 2 is 2.00 bits per heavy atom. The van der Waals surface area contributed by atoms with E-state index in [1.165, 1.54) is 30.6 Å². The van der Waals surface area contributed by atoms with Gasteiger partial charge in [-0.15, -0.1) is 0 Å². The summed E-state index contributed by atoms with van der Waals surface area (Å²) in [5.41, 5.74) is 2.71. The third-order valence-electron chi connectivity index (χ3n) is 4.30. The number of hydrogen-bond donors (Lipinski definition) is 2. The Kier molecular flexibility index (Phi) is 6.72. The van der Waals surface area contributed by atoms with Crippen molar-refractivity contribution in [1.82, 2.24) is 15.5 Å². The zero-order chi connectivity index (χ0) is 15.8. The Balaban J connectivity index is 1.91. The van der Waals surface area contributed by atoms with Gasteiger partial charge in [-0.25, -0.2) is 4.99 Å². The van der Waals surface area contributed by atoms with Gasteiger partial charge in [0.15, 0.2) is 5.96 Å². The van der Waals surface area contributed by atoms with E-state index in [1.807, 2.05) is 0 Å². The summed E-state index contributed by atoms with van der Waals surface area (Å²) in [6.45, 7) is 9.35. The molecular weight excluding hydrogens is 272 g/mol. The maximum atomic E-state index is 4.75. The van der Waals surface area contributed by atoms with Crippen LogP contribution in [-0.2, 0) is 13.0 Å². The van der Waals surface area contributed by atoms with Gasteiger partial charge in [0, 0.05) is 19.6 Å². The number of aliphatic imine (C=N–C) groups is 1. The summed E-state index contributed by atoms with van der Waals surface area (Å²) in [4.78, 5) is 7.15. The maximum Gasteiger partial charge on any atom is 0.191 e. The lowest BCUT2D eigenvalue weighted by molar-refractivity contribution is 0.394. The molecule has 0 aliphatic carbocycles. The van der Waals surface area contributed by atoms with Crippen molar-refractivity contribution >= 4 is 5.96 Å². The lowest BCUT2D eigenvalue weighted by Gasteiger charge is -2.15. The minimum absolute atomic E-state index is 0.733. The molecule has 0 bridgehead atoms. The topological polar surface area (TPSA) is 39.7 Å². The predicted octanol–water partition coefficient (Wildman–Crippen LogP) is 2.26. The standard InChI is InChI=1S/C18H30N4/c1-4-16-8-6-7-9-17(16)13-21-18(19-5-2)20-12-15-10-11-22(3)14-15/h6-9,15H,4-5,10-14H2,1-3H3,(H2,19,20,21). The number of benzene rings is 1. The molecule has 2 rings (SSSR count). The number of rotatable bonds is 6. The molecule has 22 heavy (non-hydrogen) atoms. The highest BCUT2D eigenvalue weighted by molar-refractivity contribution is 5.79. The Bertz CT molecular complexity index is 484. The van der Waals surface area contributed by atoms with E-state index in [9.17, 15) is 0 Å². The molecule has 1 heterocycles. The first kappa shape index (κ1) is 16.8. The van der Waals surface area contributed by atoms with Crippen LogP contribution in [0.1, 0.15) is 31.4 Å². The monoisotopic (exact) mass is 302 g/mol. The van der Waals surface area contributed by atoms with Gasteiger partial charge >= 0.3 is 0 Å². The molecule has 0 spiro atoms. The van der Waals surface area contributed by atoms with Crippen LogP contribution in [0.25, 0.3) is 0 Å². The first-order chi connectivity index (χ1) is 10.7. The quantitative estimate of drug-likeness (QED) is 0.625. The van der Waals surface area contributed by atoms with E-state index in [-0.39, 0.29) is 0 Å². The molecule has 1 aliphatic heterocycles. The fourth-order valence-corrected chi connectivity index (χ4v) is 3.00. The normalized spacial score (nSPS) is 19.4. The van der Waals surface area contributed by atoms with E-state index in [0.29, 0.717) is 0 Å². The van der Waals surface area contributed by atoms with Crippen LogP contribution in [0.4, 0.5) is 0 Å². The van der Waals surface area contributed by atoms with Crippen molar-refractivity contribution in [1.29, 1.82) is 0 Å². The van der Waals surface area contributed by atoms with Crippen LogP contribution >= 0.6 is 0 Å². The molecule has 1 unspecified atom stereocenters. The second-order valence-electron chi connectivity index (χ2n) is 6.12. The van der Waals surface area contributed by atoms with Gasteiger partial charge in [-0.05, 0) is 50.4 Å². The zero-order valence-electron chi connectivity index (χ0n) is 14.2. The lowest BCUT2D eigenvalue weighted by Crippen LogP contribution is -2.40. The largest absolute Gasteiger partial charge is 0.357 e. The Hall–Kier alpha value is -1.55. The number of nitrogens with zero attached hydrogens (tertiary/aromatic N) is 2. The molecule has 0 amide bonds. The van der Waals surface area contributed by atoms with Crippen LogP contribution in [0.2, 0.25) is 0 Å². The van der Waals surface area contributed by atoms with Gasteiger partial charge in [-0.1, -0.05) is 31.2 Å². The van der Waals surface area contributed by atoms with Crippen molar-refractivity contribution < 1.29 is 0 Å². The molecule has 4 heteroatoms. The van der Waals surface area contributed by atoms with Gasteiger partial charge in [-0.2, -0.15) is 0 Å². The first-order valence-corrected chi connectivity index (χ1v) is 8.50. The molecule has 1 aromatic rings. The van der Waals surface area contributed by atoms with Gasteiger partial charge in [0.05, 0.1) is 6.54 Å².